The summed E-state index contributed by atoms with van der Waals surface area (Å²) in [5.74, 6) is 0. The van der Waals surface area contributed by atoms with Crippen molar-refractivity contribution in [2.75, 3.05) is 0 Å². The normalized spacial score (nSPS) is 23.3. The summed E-state index contributed by atoms with van der Waals surface area (Å²) in [6.45, 7) is 9.62. The molecule has 0 amide bonds. The average Bonchev–Trinajstić information content (AvgIpc) is 2.66. The number of benzene rings is 1. The first kappa shape index (κ1) is 12.6. The van der Waals surface area contributed by atoms with Gasteiger partial charge in [-0.25, -0.2) is 0 Å². The van der Waals surface area contributed by atoms with Gasteiger partial charge in [0.05, 0.1) is 0 Å². The number of allylic oxidation sites excluding steroid dienone is 1. The third kappa shape index (κ3) is 1.74. The molecule has 1 aromatic carbocycles. The first-order chi connectivity index (χ1) is 8.31. The van der Waals surface area contributed by atoms with Crippen LogP contribution in [0, 0.1) is 0 Å². The van der Waals surface area contributed by atoms with Crippen LogP contribution >= 0.6 is 0 Å². The fourth-order valence-corrected chi connectivity index (χ4v) is 3.57. The van der Waals surface area contributed by atoms with E-state index in [1.54, 1.807) is 11.1 Å². The molecule has 1 heteroatoms. The third-order valence-corrected chi connectivity index (χ3v) is 5.13. The van der Waals surface area contributed by atoms with Gasteiger partial charge in [-0.05, 0) is 0 Å². The summed E-state index contributed by atoms with van der Waals surface area (Å²) in [6, 6.07) is 4.99. The molecule has 0 bridgehead atoms. The first-order valence-electron chi connectivity index (χ1n) is 7.16. The maximum absolute atomic E-state index is 2.50. The van der Waals surface area contributed by atoms with Crippen LogP contribution in [0.15, 0.2) is 18.2 Å². The Labute approximate surface area is 120 Å². The second kappa shape index (κ2) is 3.78. The molecule has 0 unspecified atom stereocenters. The molecule has 2 aliphatic rings. The van der Waals surface area contributed by atoms with Gasteiger partial charge in [0.25, 0.3) is 0 Å². The molecule has 0 spiro atoms. The minimum atomic E-state index is 0.336. The summed E-state index contributed by atoms with van der Waals surface area (Å²) in [5.41, 5.74) is 6.91. The van der Waals surface area contributed by atoms with Crippen molar-refractivity contribution >= 4 is 22.0 Å². The van der Waals surface area contributed by atoms with E-state index >= 15 is 0 Å². The van der Waals surface area contributed by atoms with E-state index in [4.69, 9.17) is 0 Å². The standard InChI is InChI=1S/C17H21.Li/c1-16(2)8-9-17(3,4)15-11-13-7-5-6-12(13)10-14(15)16;/h5,10-11H,6,8-9H2,1-4H3;. The Hall–Kier alpha value is -0.443. The summed E-state index contributed by atoms with van der Waals surface area (Å²) in [7, 11) is 0. The molecule has 1 aromatic rings. The molecular weight excluding hydrogens is 211 g/mol. The van der Waals surface area contributed by atoms with Crippen LogP contribution in [0.3, 0.4) is 0 Å². The fourth-order valence-electron chi connectivity index (χ4n) is 3.57. The average molecular weight is 232 g/mol. The zero-order valence-corrected chi connectivity index (χ0v) is 12.4. The molecular formula is C17H21Li. The van der Waals surface area contributed by atoms with Crippen LogP contribution in [0.25, 0.3) is 4.25 Å². The van der Waals surface area contributed by atoms with Crippen molar-refractivity contribution in [2.24, 2.45) is 0 Å². The van der Waals surface area contributed by atoms with Crippen molar-refractivity contribution in [1.82, 2.24) is 0 Å². The molecule has 18 heavy (non-hydrogen) atoms. The van der Waals surface area contributed by atoms with Gasteiger partial charge in [-0.15, -0.1) is 0 Å². The SMILES string of the molecule is [Li][C]1=CCc2cc3c(cc21)C(C)(C)CCC3(C)C. The molecule has 0 radical (unpaired) electrons. The van der Waals surface area contributed by atoms with E-state index in [0.29, 0.717) is 10.8 Å². The Morgan fingerprint density at radius 1 is 0.944 bits per heavy atom. The first-order valence-corrected chi connectivity index (χ1v) is 7.16. The van der Waals surface area contributed by atoms with E-state index in [2.05, 4.69) is 63.6 Å². The van der Waals surface area contributed by atoms with Crippen molar-refractivity contribution in [3.05, 3.63) is 40.5 Å². The van der Waals surface area contributed by atoms with Gasteiger partial charge in [0.2, 0.25) is 0 Å². The monoisotopic (exact) mass is 232 g/mol. The van der Waals surface area contributed by atoms with Crippen molar-refractivity contribution in [2.45, 2.75) is 57.8 Å². The van der Waals surface area contributed by atoms with Crippen molar-refractivity contribution in [3.63, 3.8) is 0 Å². The second-order valence-electron chi connectivity index (χ2n) is 7.41. The number of hydrogen-bond acceptors (Lipinski definition) is 0. The third-order valence-electron chi connectivity index (χ3n) is 5.13. The van der Waals surface area contributed by atoms with Gasteiger partial charge >= 0.3 is 120 Å². The molecule has 0 nitrogen and oxygen atoms in total. The number of hydrogen-bond donors (Lipinski definition) is 0. The Bertz CT molecular complexity index is 547. The van der Waals surface area contributed by atoms with Crippen LogP contribution < -0.4 is 0 Å². The maximum atomic E-state index is 2.50. The number of fused-ring (bicyclic) bond motifs is 2. The predicted octanol–water partition coefficient (Wildman–Crippen LogP) is 4.10. The van der Waals surface area contributed by atoms with Crippen LogP contribution in [0.4, 0.5) is 0 Å². The van der Waals surface area contributed by atoms with Crippen LogP contribution in [0.5, 0.6) is 0 Å². The van der Waals surface area contributed by atoms with E-state index in [1.165, 1.54) is 28.2 Å². The molecule has 90 valence electrons. The van der Waals surface area contributed by atoms with Gasteiger partial charge < -0.3 is 0 Å². The van der Waals surface area contributed by atoms with Gasteiger partial charge in [0.1, 0.15) is 0 Å². The summed E-state index contributed by atoms with van der Waals surface area (Å²) >= 11 is 2.25. The summed E-state index contributed by atoms with van der Waals surface area (Å²) in [6.07, 6.45) is 6.10. The van der Waals surface area contributed by atoms with Crippen LogP contribution in [0.1, 0.15) is 62.8 Å². The van der Waals surface area contributed by atoms with Gasteiger partial charge in [-0.2, -0.15) is 0 Å². The molecule has 0 atom stereocenters. The second-order valence-corrected chi connectivity index (χ2v) is 7.41. The molecule has 0 fully saturated rings. The molecule has 0 aromatic heterocycles. The van der Waals surface area contributed by atoms with Crippen LogP contribution in [-0.2, 0) is 17.3 Å². The molecule has 0 N–H and O–H groups in total. The zero-order valence-electron chi connectivity index (χ0n) is 12.4. The van der Waals surface area contributed by atoms with E-state index in [-0.39, 0.29) is 0 Å². The van der Waals surface area contributed by atoms with Crippen LogP contribution in [-0.4, -0.2) is 17.7 Å². The van der Waals surface area contributed by atoms with E-state index in [1.807, 2.05) is 0 Å². The molecule has 3 rings (SSSR count). The van der Waals surface area contributed by atoms with Crippen molar-refractivity contribution < 1.29 is 0 Å². The van der Waals surface area contributed by atoms with Crippen LogP contribution in [0.2, 0.25) is 0 Å². The van der Waals surface area contributed by atoms with Crippen molar-refractivity contribution in [3.8, 4) is 0 Å². The topological polar surface area (TPSA) is 0 Å². The Kier molecular flexibility index (Phi) is 2.64. The van der Waals surface area contributed by atoms with E-state index in [9.17, 15) is 0 Å². The fraction of sp³-hybridized carbons (Fsp3) is 0.529. The Balaban J connectivity index is 2.26. The molecule has 0 saturated carbocycles. The molecule has 0 aliphatic heterocycles. The minimum absolute atomic E-state index is 0.336. The van der Waals surface area contributed by atoms with Crippen molar-refractivity contribution in [1.29, 1.82) is 0 Å². The molecule has 0 saturated heterocycles. The van der Waals surface area contributed by atoms with Gasteiger partial charge in [0.15, 0.2) is 0 Å². The summed E-state index contributed by atoms with van der Waals surface area (Å²) in [5, 5.41) is 0. The molecule has 0 heterocycles. The Morgan fingerprint density at radius 3 is 2.11 bits per heavy atom. The quantitative estimate of drug-likeness (QED) is 0.591. The van der Waals surface area contributed by atoms with Gasteiger partial charge in [0, 0.05) is 0 Å². The van der Waals surface area contributed by atoms with Gasteiger partial charge in [-0.1, -0.05) is 0 Å². The summed E-state index contributed by atoms with van der Waals surface area (Å²) < 4.78 is 1.46. The summed E-state index contributed by atoms with van der Waals surface area (Å²) in [4.78, 5) is 0. The number of rotatable bonds is 0. The predicted molar refractivity (Wildman–Crippen MR) is 79.2 cm³/mol. The zero-order chi connectivity index (χ0) is 13.1. The van der Waals surface area contributed by atoms with Gasteiger partial charge in [-0.3, -0.25) is 0 Å². The Morgan fingerprint density at radius 2 is 1.50 bits per heavy atom. The van der Waals surface area contributed by atoms with E-state index < -0.39 is 0 Å². The molecule has 2 aliphatic carbocycles. The van der Waals surface area contributed by atoms with E-state index in [0.717, 1.165) is 6.42 Å².